The number of anilines is 2. The molecule has 2 N–H and O–H groups in total. The first-order valence-corrected chi connectivity index (χ1v) is 7.10. The van der Waals surface area contributed by atoms with Crippen molar-refractivity contribution in [1.82, 2.24) is 0 Å². The van der Waals surface area contributed by atoms with E-state index < -0.39 is 9.75 Å². The Morgan fingerprint density at radius 1 is 1.24 bits per heavy atom. The van der Waals surface area contributed by atoms with Gasteiger partial charge in [0, 0.05) is 13.0 Å². The molecule has 0 saturated heterocycles. The number of carbonyl (C=O) groups is 2. The molecule has 1 aromatic carbocycles. The highest BCUT2D eigenvalue weighted by molar-refractivity contribution is 6.53. The Morgan fingerprint density at radius 3 is 2.33 bits per heavy atom. The molecule has 1 aliphatic carbocycles. The fourth-order valence-corrected chi connectivity index (χ4v) is 2.67. The molecule has 1 atom stereocenters. The number of hydrogen-bond donors (Lipinski definition) is 2. The molecular formula is C14H16Cl2N2O3. The van der Waals surface area contributed by atoms with Crippen LogP contribution in [0.15, 0.2) is 18.2 Å². The molecule has 21 heavy (non-hydrogen) atoms. The van der Waals surface area contributed by atoms with E-state index in [0.29, 0.717) is 23.5 Å². The Bertz CT molecular complexity index is 604. The summed E-state index contributed by atoms with van der Waals surface area (Å²) in [6.07, 6.45) is 0.383. The molecule has 2 amide bonds. The molecule has 1 aliphatic rings. The predicted octanol–water partition coefficient (Wildman–Crippen LogP) is 3.18. The molecule has 114 valence electrons. The number of methoxy groups -OCH3 is 1. The molecule has 1 fully saturated rings. The van der Waals surface area contributed by atoms with E-state index in [0.717, 1.165) is 0 Å². The van der Waals surface area contributed by atoms with Crippen LogP contribution in [-0.4, -0.2) is 23.3 Å². The van der Waals surface area contributed by atoms with Gasteiger partial charge in [0.05, 0.1) is 23.9 Å². The Morgan fingerprint density at radius 2 is 1.86 bits per heavy atom. The minimum Gasteiger partial charge on any atom is -0.497 e. The summed E-state index contributed by atoms with van der Waals surface area (Å²) in [5.41, 5.74) is 0.0783. The normalized spacial score (nSPS) is 22.3. The number of benzene rings is 1. The first kappa shape index (κ1) is 15.9. The second-order valence-corrected chi connectivity index (χ2v) is 6.74. The van der Waals surface area contributed by atoms with E-state index in [-0.39, 0.29) is 11.8 Å². The van der Waals surface area contributed by atoms with Gasteiger partial charge in [-0.15, -0.1) is 23.2 Å². The number of halogens is 2. The van der Waals surface area contributed by atoms with Gasteiger partial charge in [-0.25, -0.2) is 0 Å². The zero-order valence-electron chi connectivity index (χ0n) is 11.9. The maximum absolute atomic E-state index is 12.3. The van der Waals surface area contributed by atoms with Gasteiger partial charge in [0.2, 0.25) is 11.8 Å². The van der Waals surface area contributed by atoms with Crippen molar-refractivity contribution < 1.29 is 14.3 Å². The minimum absolute atomic E-state index is 0.239. The Labute approximate surface area is 132 Å². The van der Waals surface area contributed by atoms with Crippen molar-refractivity contribution in [2.45, 2.75) is 24.6 Å². The summed E-state index contributed by atoms with van der Waals surface area (Å²) in [6, 6.07) is 4.96. The van der Waals surface area contributed by atoms with Crippen molar-refractivity contribution in [3.8, 4) is 5.75 Å². The van der Waals surface area contributed by atoms with Gasteiger partial charge in [-0.05, 0) is 25.5 Å². The van der Waals surface area contributed by atoms with Crippen LogP contribution in [0.2, 0.25) is 0 Å². The van der Waals surface area contributed by atoms with Crippen molar-refractivity contribution >= 4 is 46.4 Å². The number of carbonyl (C=O) groups excluding carboxylic acids is 2. The molecule has 1 unspecified atom stereocenters. The van der Waals surface area contributed by atoms with Crippen LogP contribution < -0.4 is 15.4 Å². The molecule has 2 rings (SSSR count). The molecule has 5 nitrogen and oxygen atoms in total. The van der Waals surface area contributed by atoms with Crippen molar-refractivity contribution in [2.24, 2.45) is 5.41 Å². The maximum Gasteiger partial charge on any atom is 0.233 e. The van der Waals surface area contributed by atoms with E-state index in [1.54, 1.807) is 25.1 Å². The Kier molecular flexibility index (Phi) is 4.08. The van der Waals surface area contributed by atoms with Crippen LogP contribution in [-0.2, 0) is 9.59 Å². The molecular weight excluding hydrogens is 315 g/mol. The van der Waals surface area contributed by atoms with Gasteiger partial charge in [0.25, 0.3) is 0 Å². The molecule has 0 spiro atoms. The van der Waals surface area contributed by atoms with Crippen LogP contribution in [0.4, 0.5) is 11.4 Å². The van der Waals surface area contributed by atoms with Crippen LogP contribution in [0.25, 0.3) is 0 Å². The zero-order valence-corrected chi connectivity index (χ0v) is 13.4. The van der Waals surface area contributed by atoms with Crippen LogP contribution in [0.5, 0.6) is 5.75 Å². The van der Waals surface area contributed by atoms with Gasteiger partial charge < -0.3 is 15.4 Å². The average Bonchev–Trinajstić information content (AvgIpc) is 2.91. The van der Waals surface area contributed by atoms with Gasteiger partial charge in [-0.1, -0.05) is 0 Å². The predicted molar refractivity (Wildman–Crippen MR) is 83.1 cm³/mol. The van der Waals surface area contributed by atoms with E-state index in [9.17, 15) is 9.59 Å². The van der Waals surface area contributed by atoms with Crippen LogP contribution >= 0.6 is 23.2 Å². The molecule has 7 heteroatoms. The van der Waals surface area contributed by atoms with Crippen molar-refractivity contribution in [1.29, 1.82) is 0 Å². The smallest absolute Gasteiger partial charge is 0.233 e. The van der Waals surface area contributed by atoms with Crippen LogP contribution in [0.3, 0.4) is 0 Å². The van der Waals surface area contributed by atoms with Crippen molar-refractivity contribution in [3.05, 3.63) is 18.2 Å². The van der Waals surface area contributed by atoms with Crippen LogP contribution in [0.1, 0.15) is 20.3 Å². The lowest BCUT2D eigenvalue weighted by molar-refractivity contribution is -0.120. The van der Waals surface area contributed by atoms with E-state index in [1.165, 1.54) is 14.0 Å². The molecule has 0 heterocycles. The van der Waals surface area contributed by atoms with Gasteiger partial charge in [0.15, 0.2) is 0 Å². The van der Waals surface area contributed by atoms with E-state index >= 15 is 0 Å². The quantitative estimate of drug-likeness (QED) is 0.833. The summed E-state index contributed by atoms with van der Waals surface area (Å²) in [6.45, 7) is 3.08. The molecule has 0 aliphatic heterocycles. The third kappa shape index (κ3) is 3.09. The molecule has 0 aromatic heterocycles. The summed E-state index contributed by atoms with van der Waals surface area (Å²) < 4.78 is 4.07. The van der Waals surface area contributed by atoms with E-state index in [4.69, 9.17) is 27.9 Å². The summed E-state index contributed by atoms with van der Waals surface area (Å²) in [5, 5.41) is 5.39. The third-order valence-corrected chi connectivity index (χ3v) is 4.65. The van der Waals surface area contributed by atoms with E-state index in [1.807, 2.05) is 0 Å². The average molecular weight is 331 g/mol. The molecule has 1 aromatic rings. The van der Waals surface area contributed by atoms with Gasteiger partial charge in [-0.2, -0.15) is 0 Å². The Hall–Kier alpha value is -1.46. The van der Waals surface area contributed by atoms with Gasteiger partial charge in [-0.3, -0.25) is 9.59 Å². The van der Waals surface area contributed by atoms with Crippen LogP contribution in [0, 0.1) is 5.41 Å². The first-order valence-electron chi connectivity index (χ1n) is 6.34. The number of alkyl halides is 2. The monoisotopic (exact) mass is 330 g/mol. The lowest BCUT2D eigenvalue weighted by atomic mass is 10.1. The number of hydrogen-bond acceptors (Lipinski definition) is 3. The molecule has 0 bridgehead atoms. The second-order valence-electron chi connectivity index (χ2n) is 5.26. The summed E-state index contributed by atoms with van der Waals surface area (Å²) >= 11 is 12.0. The number of nitrogens with one attached hydrogen (secondary N) is 2. The van der Waals surface area contributed by atoms with Gasteiger partial charge in [0.1, 0.15) is 10.1 Å². The standard InChI is InChI=1S/C14H16Cl2N2O3/c1-8(19)17-10-5-4-9(21-3)6-11(10)18-12(20)13(2)7-14(13,15)16/h4-6H,7H2,1-3H3,(H,17,19)(H,18,20). The third-order valence-electron chi connectivity index (χ3n) is 3.54. The minimum atomic E-state index is -1.05. The fraction of sp³-hybridized carbons (Fsp3) is 0.429. The van der Waals surface area contributed by atoms with Crippen molar-refractivity contribution in [2.75, 3.05) is 17.7 Å². The van der Waals surface area contributed by atoms with E-state index in [2.05, 4.69) is 10.6 Å². The highest BCUT2D eigenvalue weighted by Gasteiger charge is 2.67. The van der Waals surface area contributed by atoms with Gasteiger partial charge >= 0.3 is 0 Å². The lowest BCUT2D eigenvalue weighted by Gasteiger charge is -2.16. The maximum atomic E-state index is 12.3. The zero-order chi connectivity index (χ0) is 15.8. The summed E-state index contributed by atoms with van der Waals surface area (Å²) in [5.74, 6) is 0.0213. The molecule has 0 radical (unpaired) electrons. The number of amides is 2. The van der Waals surface area contributed by atoms with Crippen molar-refractivity contribution in [3.63, 3.8) is 0 Å². The molecule has 1 saturated carbocycles. The topological polar surface area (TPSA) is 67.4 Å². The number of ether oxygens (including phenoxy) is 1. The Balaban J connectivity index is 2.25. The lowest BCUT2D eigenvalue weighted by Crippen LogP contribution is -2.26. The SMILES string of the molecule is COc1ccc(NC(C)=O)c(NC(=O)C2(C)CC2(Cl)Cl)c1. The largest absolute Gasteiger partial charge is 0.497 e. The fourth-order valence-electron chi connectivity index (χ4n) is 1.96. The summed E-state index contributed by atoms with van der Waals surface area (Å²) in [7, 11) is 1.52. The highest BCUT2D eigenvalue weighted by atomic mass is 35.5. The highest BCUT2D eigenvalue weighted by Crippen LogP contribution is 2.64. The first-order chi connectivity index (χ1) is 9.69. The second kappa shape index (κ2) is 5.39. The summed E-state index contributed by atoms with van der Waals surface area (Å²) in [4.78, 5) is 23.5. The number of rotatable bonds is 4.